The Balaban J connectivity index is 2.25. The predicted octanol–water partition coefficient (Wildman–Crippen LogP) is 2.01. The molecule has 0 saturated heterocycles. The van der Waals surface area contributed by atoms with Crippen LogP contribution in [0.5, 0.6) is 0 Å². The van der Waals surface area contributed by atoms with E-state index in [2.05, 4.69) is 27.8 Å². The predicted molar refractivity (Wildman–Crippen MR) is 60.0 cm³/mol. The summed E-state index contributed by atoms with van der Waals surface area (Å²) in [6, 6.07) is 3.97. The van der Waals surface area contributed by atoms with Gasteiger partial charge in [-0.05, 0) is 12.1 Å². The van der Waals surface area contributed by atoms with Gasteiger partial charge in [-0.3, -0.25) is 9.50 Å². The maximum atomic E-state index is 4.32. The molecule has 0 amide bonds. The molecule has 1 N–H and O–H groups in total. The normalized spacial score (nSPS) is 11.0. The van der Waals surface area contributed by atoms with Crippen LogP contribution in [-0.4, -0.2) is 19.6 Å². The van der Waals surface area contributed by atoms with Crippen LogP contribution in [0.4, 0.5) is 0 Å². The maximum Gasteiger partial charge on any atom is 0.137 e. The third kappa shape index (κ3) is 1.32. The zero-order chi connectivity index (χ0) is 10.3. The molecule has 0 fully saturated rings. The van der Waals surface area contributed by atoms with Crippen molar-refractivity contribution < 1.29 is 0 Å². The van der Waals surface area contributed by atoms with Gasteiger partial charge in [0.25, 0.3) is 0 Å². The molecule has 0 unspecified atom stereocenters. The lowest BCUT2D eigenvalue weighted by Gasteiger charge is -1.99. The third-order valence-electron chi connectivity index (χ3n) is 2.32. The molecule has 0 atom stereocenters. The number of fused-ring (bicyclic) bond motifs is 1. The first kappa shape index (κ1) is 8.55. The number of hydrogen-bond donors (Lipinski definition) is 2. The van der Waals surface area contributed by atoms with Crippen molar-refractivity contribution in [1.29, 1.82) is 0 Å². The minimum atomic E-state index is 0.829. The lowest BCUT2D eigenvalue weighted by molar-refractivity contribution is 1.06. The van der Waals surface area contributed by atoms with Crippen LogP contribution in [0.3, 0.4) is 0 Å². The monoisotopic (exact) mass is 216 g/mol. The molecule has 74 valence electrons. The van der Waals surface area contributed by atoms with E-state index in [4.69, 9.17) is 0 Å². The molecule has 15 heavy (non-hydrogen) atoms. The zero-order valence-electron chi connectivity index (χ0n) is 7.75. The Morgan fingerprint density at radius 3 is 2.93 bits per heavy atom. The number of rotatable bonds is 1. The van der Waals surface area contributed by atoms with Gasteiger partial charge >= 0.3 is 0 Å². The van der Waals surface area contributed by atoms with Crippen LogP contribution in [0.25, 0.3) is 16.8 Å². The van der Waals surface area contributed by atoms with Crippen LogP contribution in [0, 0.1) is 0 Å². The van der Waals surface area contributed by atoms with Gasteiger partial charge in [0.15, 0.2) is 0 Å². The summed E-state index contributed by atoms with van der Waals surface area (Å²) in [4.78, 5) is 4.20. The minimum absolute atomic E-state index is 0.829. The molecule has 3 aromatic rings. The Morgan fingerprint density at radius 2 is 2.13 bits per heavy atom. The number of aromatic nitrogens is 4. The number of thiol groups is 1. The summed E-state index contributed by atoms with van der Waals surface area (Å²) in [7, 11) is 0. The molecular formula is C10H8N4S. The number of aromatic amines is 1. The molecule has 0 radical (unpaired) electrons. The van der Waals surface area contributed by atoms with Crippen molar-refractivity contribution in [3.63, 3.8) is 0 Å². The van der Waals surface area contributed by atoms with E-state index in [1.165, 1.54) is 0 Å². The Morgan fingerprint density at radius 1 is 1.20 bits per heavy atom. The van der Waals surface area contributed by atoms with Crippen LogP contribution in [0.2, 0.25) is 0 Å². The van der Waals surface area contributed by atoms with Gasteiger partial charge in [0.05, 0.1) is 17.4 Å². The summed E-state index contributed by atoms with van der Waals surface area (Å²) >= 11 is 4.32. The fourth-order valence-electron chi connectivity index (χ4n) is 1.55. The van der Waals surface area contributed by atoms with Gasteiger partial charge in [-0.1, -0.05) is 0 Å². The lowest BCUT2D eigenvalue weighted by atomic mass is 10.2. The first-order chi connectivity index (χ1) is 7.34. The van der Waals surface area contributed by atoms with Gasteiger partial charge in [0.1, 0.15) is 5.65 Å². The highest BCUT2D eigenvalue weighted by Crippen LogP contribution is 2.20. The van der Waals surface area contributed by atoms with Crippen molar-refractivity contribution in [3.05, 3.63) is 36.9 Å². The summed E-state index contributed by atoms with van der Waals surface area (Å²) in [6.45, 7) is 0. The molecule has 0 saturated carbocycles. The highest BCUT2D eigenvalue weighted by atomic mass is 32.1. The average Bonchev–Trinajstić information content (AvgIpc) is 2.88. The highest BCUT2D eigenvalue weighted by Gasteiger charge is 2.03. The fourth-order valence-corrected chi connectivity index (χ4v) is 1.77. The van der Waals surface area contributed by atoms with Gasteiger partial charge in [-0.15, -0.1) is 12.6 Å². The van der Waals surface area contributed by atoms with Crippen molar-refractivity contribution in [1.82, 2.24) is 19.6 Å². The van der Waals surface area contributed by atoms with Crippen LogP contribution < -0.4 is 0 Å². The van der Waals surface area contributed by atoms with E-state index >= 15 is 0 Å². The van der Waals surface area contributed by atoms with Gasteiger partial charge in [0.2, 0.25) is 0 Å². The van der Waals surface area contributed by atoms with Crippen LogP contribution >= 0.6 is 12.6 Å². The molecular weight excluding hydrogens is 208 g/mol. The Hall–Kier alpha value is -1.75. The number of imidazole rings is 1. The summed E-state index contributed by atoms with van der Waals surface area (Å²) in [5.41, 5.74) is 3.04. The van der Waals surface area contributed by atoms with E-state index < -0.39 is 0 Å². The number of nitrogens with one attached hydrogen (secondary N) is 1. The first-order valence-electron chi connectivity index (χ1n) is 4.50. The van der Waals surface area contributed by atoms with Crippen molar-refractivity contribution in [2.75, 3.05) is 0 Å². The SMILES string of the molecule is Sc1cnc2ccc(-c3cn[nH]c3)cn12. The molecule has 3 heterocycles. The van der Waals surface area contributed by atoms with E-state index in [0.717, 1.165) is 21.8 Å². The second-order valence-electron chi connectivity index (χ2n) is 3.25. The maximum absolute atomic E-state index is 4.32. The molecule has 3 rings (SSSR count). The van der Waals surface area contributed by atoms with E-state index in [1.807, 2.05) is 28.9 Å². The van der Waals surface area contributed by atoms with Crippen molar-refractivity contribution in [2.45, 2.75) is 5.03 Å². The summed E-state index contributed by atoms with van der Waals surface area (Å²) in [6.07, 6.45) is 7.37. The fraction of sp³-hybridized carbons (Fsp3) is 0. The number of nitrogens with zero attached hydrogens (tertiary/aromatic N) is 3. The summed E-state index contributed by atoms with van der Waals surface area (Å²) in [5.74, 6) is 0. The molecule has 5 heteroatoms. The van der Waals surface area contributed by atoms with Crippen molar-refractivity contribution in [3.8, 4) is 11.1 Å². The van der Waals surface area contributed by atoms with Gasteiger partial charge in [-0.25, -0.2) is 4.98 Å². The molecule has 0 spiro atoms. The number of H-pyrrole nitrogens is 1. The number of pyridine rings is 1. The van der Waals surface area contributed by atoms with E-state index in [9.17, 15) is 0 Å². The average molecular weight is 216 g/mol. The summed E-state index contributed by atoms with van der Waals surface area (Å²) in [5, 5.41) is 7.54. The molecule has 0 aliphatic rings. The van der Waals surface area contributed by atoms with Gasteiger partial charge in [-0.2, -0.15) is 5.10 Å². The minimum Gasteiger partial charge on any atom is -0.294 e. The summed E-state index contributed by atoms with van der Waals surface area (Å²) < 4.78 is 1.94. The molecule has 0 bridgehead atoms. The van der Waals surface area contributed by atoms with Crippen molar-refractivity contribution >= 4 is 18.3 Å². The molecule has 4 nitrogen and oxygen atoms in total. The van der Waals surface area contributed by atoms with E-state index in [1.54, 1.807) is 12.4 Å². The largest absolute Gasteiger partial charge is 0.294 e. The second-order valence-corrected chi connectivity index (χ2v) is 3.71. The van der Waals surface area contributed by atoms with E-state index in [-0.39, 0.29) is 0 Å². The Kier molecular flexibility index (Phi) is 1.78. The van der Waals surface area contributed by atoms with Gasteiger partial charge in [0, 0.05) is 23.5 Å². The zero-order valence-corrected chi connectivity index (χ0v) is 8.65. The standard InChI is InChI=1S/C10H8N4S/c15-10-5-11-9-2-1-7(6-14(9)10)8-3-12-13-4-8/h1-6,15H,(H,12,13). The van der Waals surface area contributed by atoms with Crippen LogP contribution in [-0.2, 0) is 0 Å². The number of hydrogen-bond acceptors (Lipinski definition) is 3. The molecule has 0 aliphatic heterocycles. The highest BCUT2D eigenvalue weighted by molar-refractivity contribution is 7.80. The smallest absolute Gasteiger partial charge is 0.137 e. The van der Waals surface area contributed by atoms with Gasteiger partial charge < -0.3 is 0 Å². The van der Waals surface area contributed by atoms with Crippen LogP contribution in [0.15, 0.2) is 41.9 Å². The second kappa shape index (κ2) is 3.13. The van der Waals surface area contributed by atoms with Crippen molar-refractivity contribution in [2.24, 2.45) is 0 Å². The first-order valence-corrected chi connectivity index (χ1v) is 4.94. The third-order valence-corrected chi connectivity index (χ3v) is 2.65. The lowest BCUT2D eigenvalue weighted by Crippen LogP contribution is -1.86. The Bertz CT molecular complexity index is 597. The molecule has 0 aromatic carbocycles. The van der Waals surface area contributed by atoms with E-state index in [0.29, 0.717) is 0 Å². The molecule has 3 aromatic heterocycles. The van der Waals surface area contributed by atoms with Crippen LogP contribution in [0.1, 0.15) is 0 Å². The molecule has 0 aliphatic carbocycles. The Labute approximate surface area is 91.4 Å². The topological polar surface area (TPSA) is 46.0 Å². The quantitative estimate of drug-likeness (QED) is 0.611.